The van der Waals surface area contributed by atoms with E-state index in [9.17, 15) is 24.8 Å². The van der Waals surface area contributed by atoms with E-state index in [1.54, 1.807) is 6.92 Å². The molecule has 0 spiro atoms. The molecule has 1 amide bonds. The lowest BCUT2D eigenvalue weighted by Crippen LogP contribution is -2.44. The molecule has 0 aliphatic heterocycles. The molecule has 7 heteroatoms. The van der Waals surface area contributed by atoms with Crippen LogP contribution in [0.2, 0.25) is 0 Å². The fourth-order valence-electron chi connectivity index (χ4n) is 3.05. The fraction of sp³-hybridized carbons (Fsp3) is 0.500. The van der Waals surface area contributed by atoms with E-state index in [0.717, 1.165) is 19.3 Å². The number of aryl methyl sites for hydroxylation is 1. The summed E-state index contributed by atoms with van der Waals surface area (Å²) in [6.07, 6.45) is 3.83. The molecule has 7 nitrogen and oxygen atoms in total. The first kappa shape index (κ1) is 16.9. The zero-order valence-electron chi connectivity index (χ0n) is 13.0. The Hall–Kier alpha value is -2.44. The van der Waals surface area contributed by atoms with Gasteiger partial charge in [0, 0.05) is 23.7 Å². The van der Waals surface area contributed by atoms with Gasteiger partial charge in [-0.15, -0.1) is 0 Å². The van der Waals surface area contributed by atoms with Crippen molar-refractivity contribution < 1.29 is 19.6 Å². The van der Waals surface area contributed by atoms with Crippen LogP contribution >= 0.6 is 0 Å². The van der Waals surface area contributed by atoms with Crippen molar-refractivity contribution in [3.63, 3.8) is 0 Å². The summed E-state index contributed by atoms with van der Waals surface area (Å²) in [5, 5.41) is 23.0. The quantitative estimate of drug-likeness (QED) is 0.640. The van der Waals surface area contributed by atoms with Gasteiger partial charge in [0.2, 0.25) is 0 Å². The molecule has 23 heavy (non-hydrogen) atoms. The molecule has 0 heterocycles. The first-order valence-corrected chi connectivity index (χ1v) is 7.62. The van der Waals surface area contributed by atoms with Gasteiger partial charge in [0.15, 0.2) is 0 Å². The van der Waals surface area contributed by atoms with E-state index >= 15 is 0 Å². The Morgan fingerprint density at radius 3 is 2.48 bits per heavy atom. The number of hydrogen-bond donors (Lipinski definition) is 2. The SMILES string of the molecule is Cc1cc(C(=O)NCC2(C(=O)O)CCCCC2)ccc1[N+](=O)[O-]. The van der Waals surface area contributed by atoms with E-state index in [4.69, 9.17) is 0 Å². The van der Waals surface area contributed by atoms with Crippen molar-refractivity contribution in [2.75, 3.05) is 6.54 Å². The van der Waals surface area contributed by atoms with Crippen LogP contribution in [0.3, 0.4) is 0 Å². The number of carboxylic acid groups (broad SMARTS) is 1. The van der Waals surface area contributed by atoms with Crippen molar-refractivity contribution in [2.24, 2.45) is 5.41 Å². The summed E-state index contributed by atoms with van der Waals surface area (Å²) in [5.74, 6) is -1.29. The van der Waals surface area contributed by atoms with Crippen molar-refractivity contribution in [1.29, 1.82) is 0 Å². The number of rotatable bonds is 5. The van der Waals surface area contributed by atoms with E-state index in [1.807, 2.05) is 0 Å². The Labute approximate surface area is 133 Å². The number of nitrogens with one attached hydrogen (secondary N) is 1. The zero-order chi connectivity index (χ0) is 17.0. The van der Waals surface area contributed by atoms with Gasteiger partial charge < -0.3 is 10.4 Å². The summed E-state index contributed by atoms with van der Waals surface area (Å²) in [7, 11) is 0. The predicted molar refractivity (Wildman–Crippen MR) is 83.3 cm³/mol. The van der Waals surface area contributed by atoms with Gasteiger partial charge >= 0.3 is 5.97 Å². The van der Waals surface area contributed by atoms with Gasteiger partial charge in [-0.25, -0.2) is 0 Å². The van der Waals surface area contributed by atoms with E-state index < -0.39 is 22.2 Å². The number of carbonyl (C=O) groups excluding carboxylic acids is 1. The van der Waals surface area contributed by atoms with Gasteiger partial charge in [0.1, 0.15) is 0 Å². The molecule has 2 rings (SSSR count). The highest BCUT2D eigenvalue weighted by Gasteiger charge is 2.39. The van der Waals surface area contributed by atoms with Crippen molar-refractivity contribution in [3.8, 4) is 0 Å². The minimum atomic E-state index is -0.899. The highest BCUT2D eigenvalue weighted by atomic mass is 16.6. The molecule has 0 radical (unpaired) electrons. The lowest BCUT2D eigenvalue weighted by Gasteiger charge is -2.33. The first-order valence-electron chi connectivity index (χ1n) is 7.62. The number of carbonyl (C=O) groups is 2. The smallest absolute Gasteiger partial charge is 0.311 e. The van der Waals surface area contributed by atoms with Crippen LogP contribution in [0, 0.1) is 22.5 Å². The predicted octanol–water partition coefficient (Wildman–Crippen LogP) is 2.67. The molecule has 1 fully saturated rings. The molecule has 1 aliphatic carbocycles. The number of nitro groups is 1. The number of benzene rings is 1. The molecule has 0 aromatic heterocycles. The van der Waals surface area contributed by atoms with Gasteiger partial charge in [0.25, 0.3) is 11.6 Å². The molecule has 0 bridgehead atoms. The third kappa shape index (κ3) is 3.67. The van der Waals surface area contributed by atoms with Crippen molar-refractivity contribution in [3.05, 3.63) is 39.4 Å². The fourth-order valence-corrected chi connectivity index (χ4v) is 3.05. The second kappa shape index (κ2) is 6.76. The van der Waals surface area contributed by atoms with Crippen LogP contribution in [-0.4, -0.2) is 28.5 Å². The summed E-state index contributed by atoms with van der Waals surface area (Å²) in [6.45, 7) is 1.64. The second-order valence-corrected chi connectivity index (χ2v) is 6.09. The minimum absolute atomic E-state index is 0.0455. The Morgan fingerprint density at radius 2 is 1.96 bits per heavy atom. The van der Waals surface area contributed by atoms with Crippen molar-refractivity contribution in [1.82, 2.24) is 5.32 Å². The molecule has 1 saturated carbocycles. The summed E-state index contributed by atoms with van der Waals surface area (Å²) < 4.78 is 0. The van der Waals surface area contributed by atoms with Crippen LogP contribution in [0.5, 0.6) is 0 Å². The van der Waals surface area contributed by atoms with Gasteiger partial charge in [0.05, 0.1) is 10.3 Å². The maximum absolute atomic E-state index is 12.2. The third-order valence-electron chi connectivity index (χ3n) is 4.51. The number of amides is 1. The Kier molecular flexibility index (Phi) is 4.98. The number of hydrogen-bond acceptors (Lipinski definition) is 4. The average molecular weight is 320 g/mol. The van der Waals surface area contributed by atoms with Crippen LogP contribution in [-0.2, 0) is 4.79 Å². The number of nitro benzene ring substituents is 1. The molecule has 1 aromatic rings. The van der Waals surface area contributed by atoms with Gasteiger partial charge in [-0.1, -0.05) is 19.3 Å². The molecule has 0 saturated heterocycles. The van der Waals surface area contributed by atoms with Gasteiger partial charge in [-0.2, -0.15) is 0 Å². The molecule has 1 aliphatic rings. The lowest BCUT2D eigenvalue weighted by molar-refractivity contribution is -0.385. The maximum Gasteiger partial charge on any atom is 0.311 e. The maximum atomic E-state index is 12.2. The molecular formula is C16H20N2O5. The van der Waals surface area contributed by atoms with E-state index in [-0.39, 0.29) is 12.2 Å². The third-order valence-corrected chi connectivity index (χ3v) is 4.51. The van der Waals surface area contributed by atoms with Crippen molar-refractivity contribution in [2.45, 2.75) is 39.0 Å². The lowest BCUT2D eigenvalue weighted by atomic mass is 9.74. The Bertz CT molecular complexity index is 635. The highest BCUT2D eigenvalue weighted by Crippen LogP contribution is 2.36. The van der Waals surface area contributed by atoms with E-state index in [0.29, 0.717) is 24.0 Å². The average Bonchev–Trinajstić information content (AvgIpc) is 2.52. The monoisotopic (exact) mass is 320 g/mol. The number of carboxylic acids is 1. The van der Waals surface area contributed by atoms with Gasteiger partial charge in [-0.3, -0.25) is 19.7 Å². The van der Waals surface area contributed by atoms with Crippen LogP contribution < -0.4 is 5.32 Å². The topological polar surface area (TPSA) is 110 Å². The molecule has 1 aromatic carbocycles. The molecule has 124 valence electrons. The second-order valence-electron chi connectivity index (χ2n) is 6.09. The van der Waals surface area contributed by atoms with E-state index in [2.05, 4.69) is 5.32 Å². The Morgan fingerprint density at radius 1 is 1.30 bits per heavy atom. The van der Waals surface area contributed by atoms with Crippen LogP contribution in [0.1, 0.15) is 48.0 Å². The first-order chi connectivity index (χ1) is 10.9. The number of nitrogens with zero attached hydrogens (tertiary/aromatic N) is 1. The molecule has 2 N–H and O–H groups in total. The summed E-state index contributed by atoms with van der Waals surface area (Å²) in [6, 6.07) is 4.12. The largest absolute Gasteiger partial charge is 0.481 e. The summed E-state index contributed by atoms with van der Waals surface area (Å²) >= 11 is 0. The highest BCUT2D eigenvalue weighted by molar-refractivity contribution is 5.95. The van der Waals surface area contributed by atoms with Crippen LogP contribution in [0.25, 0.3) is 0 Å². The normalized spacial score (nSPS) is 16.6. The molecule has 0 unspecified atom stereocenters. The standard InChI is InChI=1S/C16H20N2O5/c1-11-9-12(5-6-13(11)18(22)23)14(19)17-10-16(15(20)21)7-3-2-4-8-16/h5-6,9H,2-4,7-8,10H2,1H3,(H,17,19)(H,20,21). The van der Waals surface area contributed by atoms with Crippen molar-refractivity contribution >= 4 is 17.6 Å². The molecular weight excluding hydrogens is 300 g/mol. The van der Waals surface area contributed by atoms with Crippen LogP contribution in [0.15, 0.2) is 18.2 Å². The summed E-state index contributed by atoms with van der Waals surface area (Å²) in [5.41, 5.74) is -0.252. The summed E-state index contributed by atoms with van der Waals surface area (Å²) in [4.78, 5) is 34.1. The molecule has 0 atom stereocenters. The van der Waals surface area contributed by atoms with Crippen LogP contribution in [0.4, 0.5) is 5.69 Å². The zero-order valence-corrected chi connectivity index (χ0v) is 13.0. The minimum Gasteiger partial charge on any atom is -0.481 e. The number of aliphatic carboxylic acids is 1. The Balaban J connectivity index is 2.08. The van der Waals surface area contributed by atoms with E-state index in [1.165, 1.54) is 18.2 Å². The van der Waals surface area contributed by atoms with Gasteiger partial charge in [-0.05, 0) is 31.9 Å².